The summed E-state index contributed by atoms with van der Waals surface area (Å²) < 4.78 is 0. The number of piperidine rings is 1. The van der Waals surface area contributed by atoms with Crippen LogP contribution in [0.5, 0.6) is 0 Å². The fourth-order valence-electron chi connectivity index (χ4n) is 2.95. The second-order valence-electron chi connectivity index (χ2n) is 6.00. The number of benzene rings is 1. The van der Waals surface area contributed by atoms with E-state index < -0.39 is 0 Å². The van der Waals surface area contributed by atoms with Gasteiger partial charge in [-0.25, -0.2) is 0 Å². The monoisotopic (exact) mass is 260 g/mol. The number of rotatable bonds is 5. The lowest BCUT2D eigenvalue weighted by Crippen LogP contribution is -2.42. The SMILES string of the molecule is CCc1ccc(CNC(C)C2CCCN(C)C2)cc1. The Hall–Kier alpha value is -0.860. The largest absolute Gasteiger partial charge is 0.310 e. The summed E-state index contributed by atoms with van der Waals surface area (Å²) in [6, 6.07) is 9.61. The second kappa shape index (κ2) is 7.06. The molecule has 1 aromatic carbocycles. The maximum absolute atomic E-state index is 3.70. The van der Waals surface area contributed by atoms with Gasteiger partial charge in [-0.05, 0) is 56.8 Å². The molecule has 0 aromatic heterocycles. The highest BCUT2D eigenvalue weighted by Gasteiger charge is 2.22. The molecule has 1 fully saturated rings. The summed E-state index contributed by atoms with van der Waals surface area (Å²) in [6.45, 7) is 8.04. The maximum atomic E-state index is 3.70. The van der Waals surface area contributed by atoms with Gasteiger partial charge in [-0.2, -0.15) is 0 Å². The zero-order valence-electron chi connectivity index (χ0n) is 12.7. The molecule has 1 aromatic rings. The Balaban J connectivity index is 1.80. The van der Waals surface area contributed by atoms with Crippen molar-refractivity contribution in [2.75, 3.05) is 20.1 Å². The van der Waals surface area contributed by atoms with Gasteiger partial charge in [0, 0.05) is 19.1 Å². The normalized spacial score (nSPS) is 22.4. The molecule has 0 saturated carbocycles. The first-order valence-corrected chi connectivity index (χ1v) is 7.68. The quantitative estimate of drug-likeness (QED) is 0.875. The van der Waals surface area contributed by atoms with E-state index in [-0.39, 0.29) is 0 Å². The van der Waals surface area contributed by atoms with Crippen molar-refractivity contribution >= 4 is 0 Å². The highest BCUT2D eigenvalue weighted by atomic mass is 15.1. The Bertz CT molecular complexity index is 371. The van der Waals surface area contributed by atoms with Crippen LogP contribution in [0.4, 0.5) is 0 Å². The van der Waals surface area contributed by atoms with Gasteiger partial charge in [-0.15, -0.1) is 0 Å². The lowest BCUT2D eigenvalue weighted by atomic mass is 9.92. The van der Waals surface area contributed by atoms with Crippen molar-refractivity contribution in [1.29, 1.82) is 0 Å². The van der Waals surface area contributed by atoms with Crippen molar-refractivity contribution in [3.63, 3.8) is 0 Å². The van der Waals surface area contributed by atoms with Crippen molar-refractivity contribution in [1.82, 2.24) is 10.2 Å². The molecule has 0 bridgehead atoms. The van der Waals surface area contributed by atoms with Crippen LogP contribution in [0, 0.1) is 5.92 Å². The van der Waals surface area contributed by atoms with Gasteiger partial charge in [0.1, 0.15) is 0 Å². The van der Waals surface area contributed by atoms with E-state index in [4.69, 9.17) is 0 Å². The predicted molar refractivity (Wildman–Crippen MR) is 82.3 cm³/mol. The summed E-state index contributed by atoms with van der Waals surface area (Å²) >= 11 is 0. The van der Waals surface area contributed by atoms with Gasteiger partial charge in [0.2, 0.25) is 0 Å². The van der Waals surface area contributed by atoms with Crippen LogP contribution in [-0.4, -0.2) is 31.1 Å². The second-order valence-corrected chi connectivity index (χ2v) is 6.00. The van der Waals surface area contributed by atoms with E-state index in [9.17, 15) is 0 Å². The first-order valence-electron chi connectivity index (χ1n) is 7.68. The van der Waals surface area contributed by atoms with Gasteiger partial charge in [-0.1, -0.05) is 31.2 Å². The molecule has 2 rings (SSSR count). The van der Waals surface area contributed by atoms with Crippen LogP contribution in [0.15, 0.2) is 24.3 Å². The predicted octanol–water partition coefficient (Wildman–Crippen LogP) is 3.07. The van der Waals surface area contributed by atoms with E-state index in [1.54, 1.807) is 0 Å². The van der Waals surface area contributed by atoms with E-state index in [2.05, 4.69) is 55.4 Å². The first kappa shape index (κ1) is 14.5. The molecule has 1 aliphatic rings. The minimum absolute atomic E-state index is 0.605. The van der Waals surface area contributed by atoms with Gasteiger partial charge in [0.25, 0.3) is 0 Å². The van der Waals surface area contributed by atoms with Crippen LogP contribution < -0.4 is 5.32 Å². The molecule has 1 aliphatic heterocycles. The molecule has 2 heteroatoms. The van der Waals surface area contributed by atoms with Crippen LogP contribution in [0.3, 0.4) is 0 Å². The molecule has 1 N–H and O–H groups in total. The number of nitrogens with one attached hydrogen (secondary N) is 1. The third-order valence-electron chi connectivity index (χ3n) is 4.43. The molecule has 1 heterocycles. The van der Waals surface area contributed by atoms with Crippen molar-refractivity contribution in [3.8, 4) is 0 Å². The Morgan fingerprint density at radius 1 is 1.26 bits per heavy atom. The molecule has 1 saturated heterocycles. The van der Waals surface area contributed by atoms with Gasteiger partial charge >= 0.3 is 0 Å². The fourth-order valence-corrected chi connectivity index (χ4v) is 2.95. The Kier molecular flexibility index (Phi) is 5.41. The summed E-state index contributed by atoms with van der Waals surface area (Å²) in [5, 5.41) is 3.70. The van der Waals surface area contributed by atoms with Crippen molar-refractivity contribution in [2.24, 2.45) is 5.92 Å². The van der Waals surface area contributed by atoms with Gasteiger partial charge in [-0.3, -0.25) is 0 Å². The minimum Gasteiger partial charge on any atom is -0.310 e. The van der Waals surface area contributed by atoms with E-state index in [1.807, 2.05) is 0 Å². The smallest absolute Gasteiger partial charge is 0.0208 e. The van der Waals surface area contributed by atoms with E-state index in [1.165, 1.54) is 37.1 Å². The molecule has 0 aliphatic carbocycles. The topological polar surface area (TPSA) is 15.3 Å². The van der Waals surface area contributed by atoms with Crippen LogP contribution in [0.2, 0.25) is 0 Å². The van der Waals surface area contributed by atoms with Crippen LogP contribution in [-0.2, 0) is 13.0 Å². The highest BCUT2D eigenvalue weighted by molar-refractivity contribution is 5.22. The summed E-state index contributed by atoms with van der Waals surface area (Å²) in [4.78, 5) is 2.46. The van der Waals surface area contributed by atoms with Gasteiger partial charge in [0.15, 0.2) is 0 Å². The highest BCUT2D eigenvalue weighted by Crippen LogP contribution is 2.18. The van der Waals surface area contributed by atoms with Crippen molar-refractivity contribution < 1.29 is 0 Å². The van der Waals surface area contributed by atoms with Gasteiger partial charge in [0.05, 0.1) is 0 Å². The number of hydrogen-bond acceptors (Lipinski definition) is 2. The maximum Gasteiger partial charge on any atom is 0.0208 e. The average Bonchev–Trinajstić information content (AvgIpc) is 2.45. The molecular weight excluding hydrogens is 232 g/mol. The Morgan fingerprint density at radius 3 is 2.58 bits per heavy atom. The summed E-state index contributed by atoms with van der Waals surface area (Å²) in [5.41, 5.74) is 2.82. The molecule has 2 unspecified atom stereocenters. The zero-order valence-corrected chi connectivity index (χ0v) is 12.7. The number of likely N-dealkylation sites (tertiary alicyclic amines) is 1. The number of aryl methyl sites for hydroxylation is 1. The van der Waals surface area contributed by atoms with E-state index >= 15 is 0 Å². The molecule has 2 atom stereocenters. The summed E-state index contributed by atoms with van der Waals surface area (Å²) in [7, 11) is 2.24. The first-order chi connectivity index (χ1) is 9.19. The zero-order chi connectivity index (χ0) is 13.7. The molecule has 19 heavy (non-hydrogen) atoms. The van der Waals surface area contributed by atoms with Crippen LogP contribution in [0.1, 0.15) is 37.8 Å². The van der Waals surface area contributed by atoms with Crippen LogP contribution >= 0.6 is 0 Å². The van der Waals surface area contributed by atoms with Gasteiger partial charge < -0.3 is 10.2 Å². The average molecular weight is 260 g/mol. The minimum atomic E-state index is 0.605. The standard InChI is InChI=1S/C17H28N2/c1-4-15-7-9-16(10-8-15)12-18-14(2)17-6-5-11-19(3)13-17/h7-10,14,17-18H,4-6,11-13H2,1-3H3. The Labute approximate surface area is 118 Å². The fraction of sp³-hybridized carbons (Fsp3) is 0.647. The van der Waals surface area contributed by atoms with Crippen LogP contribution in [0.25, 0.3) is 0 Å². The molecule has 0 radical (unpaired) electrons. The lowest BCUT2D eigenvalue weighted by molar-refractivity contribution is 0.178. The number of nitrogens with zero attached hydrogens (tertiary/aromatic N) is 1. The van der Waals surface area contributed by atoms with E-state index in [0.717, 1.165) is 18.9 Å². The molecule has 0 amide bonds. The Morgan fingerprint density at radius 2 is 1.95 bits per heavy atom. The molecule has 0 spiro atoms. The summed E-state index contributed by atoms with van der Waals surface area (Å²) in [6.07, 6.45) is 3.84. The van der Waals surface area contributed by atoms with Crippen molar-refractivity contribution in [3.05, 3.63) is 35.4 Å². The third kappa shape index (κ3) is 4.32. The van der Waals surface area contributed by atoms with E-state index in [0.29, 0.717) is 6.04 Å². The third-order valence-corrected chi connectivity index (χ3v) is 4.43. The lowest BCUT2D eigenvalue weighted by Gasteiger charge is -2.34. The molecule has 106 valence electrons. The molecule has 2 nitrogen and oxygen atoms in total. The number of hydrogen-bond donors (Lipinski definition) is 1. The molecular formula is C17H28N2. The van der Waals surface area contributed by atoms with Crippen molar-refractivity contribution in [2.45, 2.75) is 45.7 Å². The summed E-state index contributed by atoms with van der Waals surface area (Å²) in [5.74, 6) is 0.800.